The van der Waals surface area contributed by atoms with E-state index in [1.165, 1.54) is 0 Å². The van der Waals surface area contributed by atoms with Crippen molar-refractivity contribution in [3.8, 4) is 0 Å². The summed E-state index contributed by atoms with van der Waals surface area (Å²) in [4.78, 5) is 23.8. The number of pyridine rings is 1. The lowest BCUT2D eigenvalue weighted by molar-refractivity contribution is 0.0563. The first-order chi connectivity index (χ1) is 13.6. The number of carbonyl (C=O) groups excluding carboxylic acids is 1. The van der Waals surface area contributed by atoms with E-state index in [2.05, 4.69) is 9.97 Å². The average molecular weight is 396 g/mol. The fourth-order valence-electron chi connectivity index (χ4n) is 3.60. The predicted octanol–water partition coefficient (Wildman–Crippen LogP) is 4.99. The zero-order valence-corrected chi connectivity index (χ0v) is 16.5. The summed E-state index contributed by atoms with van der Waals surface area (Å²) in [5.74, 6) is 1.32. The van der Waals surface area contributed by atoms with Crippen molar-refractivity contribution in [1.29, 1.82) is 0 Å². The van der Waals surface area contributed by atoms with Gasteiger partial charge in [-0.25, -0.2) is 9.97 Å². The smallest absolute Gasteiger partial charge is 0.273 e. The number of aromatic nitrogens is 2. The van der Waals surface area contributed by atoms with E-state index in [1.807, 2.05) is 48.2 Å². The number of rotatable bonds is 4. The van der Waals surface area contributed by atoms with Crippen LogP contribution in [0.4, 0.5) is 0 Å². The minimum atomic E-state index is -0.150. The van der Waals surface area contributed by atoms with Crippen molar-refractivity contribution in [2.24, 2.45) is 0 Å². The third-order valence-corrected chi connectivity index (χ3v) is 5.27. The van der Waals surface area contributed by atoms with E-state index in [0.717, 1.165) is 36.3 Å². The molecule has 1 atom stereocenters. The standard InChI is InChI=1S/C22H22ClN3O2/c1-15-5-4-6-19(25-15)22(27)26-12-3-2-7-20(26)21-24-14-18(28-21)13-16-8-10-17(23)11-9-16/h4-6,8-11,14,20H,2-3,7,12-13H2,1H3. The molecule has 0 saturated carbocycles. The number of hydrogen-bond acceptors (Lipinski definition) is 4. The minimum Gasteiger partial charge on any atom is -0.443 e. The maximum Gasteiger partial charge on any atom is 0.273 e. The monoisotopic (exact) mass is 395 g/mol. The maximum atomic E-state index is 13.0. The summed E-state index contributed by atoms with van der Waals surface area (Å²) >= 11 is 5.95. The Morgan fingerprint density at radius 2 is 2.04 bits per heavy atom. The number of nitrogens with zero attached hydrogens (tertiary/aromatic N) is 3. The van der Waals surface area contributed by atoms with Gasteiger partial charge in [0.25, 0.3) is 5.91 Å². The molecule has 0 N–H and O–H groups in total. The van der Waals surface area contributed by atoms with Gasteiger partial charge in [0.2, 0.25) is 5.89 Å². The van der Waals surface area contributed by atoms with E-state index < -0.39 is 0 Å². The lowest BCUT2D eigenvalue weighted by Gasteiger charge is -2.33. The van der Waals surface area contributed by atoms with Crippen LogP contribution in [0.5, 0.6) is 0 Å². The van der Waals surface area contributed by atoms with E-state index in [1.54, 1.807) is 12.3 Å². The largest absolute Gasteiger partial charge is 0.443 e. The zero-order valence-electron chi connectivity index (χ0n) is 15.8. The molecule has 0 radical (unpaired) electrons. The number of hydrogen-bond donors (Lipinski definition) is 0. The number of piperidine rings is 1. The van der Waals surface area contributed by atoms with Crippen LogP contribution in [0.25, 0.3) is 0 Å². The van der Waals surface area contributed by atoms with Crippen molar-refractivity contribution in [3.63, 3.8) is 0 Å². The van der Waals surface area contributed by atoms with Crippen LogP contribution in [0.2, 0.25) is 5.02 Å². The second kappa shape index (κ2) is 8.15. The van der Waals surface area contributed by atoms with Gasteiger partial charge in [-0.15, -0.1) is 0 Å². The quantitative estimate of drug-likeness (QED) is 0.624. The molecule has 0 spiro atoms. The van der Waals surface area contributed by atoms with Crippen LogP contribution in [-0.2, 0) is 6.42 Å². The van der Waals surface area contributed by atoms with Crippen molar-refractivity contribution < 1.29 is 9.21 Å². The zero-order chi connectivity index (χ0) is 19.5. The van der Waals surface area contributed by atoms with Gasteiger partial charge in [0.05, 0.1) is 6.20 Å². The molecule has 1 fully saturated rings. The Kier molecular flexibility index (Phi) is 5.44. The molecule has 3 aromatic rings. The first-order valence-corrected chi connectivity index (χ1v) is 9.91. The lowest BCUT2D eigenvalue weighted by atomic mass is 10.0. The Hall–Kier alpha value is -2.66. The summed E-state index contributed by atoms with van der Waals surface area (Å²) in [6.45, 7) is 2.58. The van der Waals surface area contributed by atoms with Crippen LogP contribution < -0.4 is 0 Å². The fraction of sp³-hybridized carbons (Fsp3) is 0.318. The van der Waals surface area contributed by atoms with Crippen molar-refractivity contribution in [2.45, 2.75) is 38.6 Å². The van der Waals surface area contributed by atoms with E-state index in [-0.39, 0.29) is 11.9 Å². The molecule has 1 unspecified atom stereocenters. The van der Waals surface area contributed by atoms with Crippen molar-refractivity contribution in [2.75, 3.05) is 6.54 Å². The van der Waals surface area contributed by atoms with Gasteiger partial charge in [-0.05, 0) is 56.0 Å². The average Bonchev–Trinajstić information content (AvgIpc) is 3.17. The SMILES string of the molecule is Cc1cccc(C(=O)N2CCCCC2c2ncc(Cc3ccc(Cl)cc3)o2)n1. The highest BCUT2D eigenvalue weighted by molar-refractivity contribution is 6.30. The summed E-state index contributed by atoms with van der Waals surface area (Å²) in [5, 5.41) is 0.711. The molecule has 5 nitrogen and oxygen atoms in total. The molecule has 144 valence electrons. The Morgan fingerprint density at radius 1 is 1.21 bits per heavy atom. The summed E-state index contributed by atoms with van der Waals surface area (Å²) in [5.41, 5.74) is 2.41. The van der Waals surface area contributed by atoms with Crippen molar-refractivity contribution in [3.05, 3.63) is 82.3 Å². The van der Waals surface area contributed by atoms with Crippen LogP contribution in [0.15, 0.2) is 53.1 Å². The number of aryl methyl sites for hydroxylation is 1. The highest BCUT2D eigenvalue weighted by Crippen LogP contribution is 2.32. The first-order valence-electron chi connectivity index (χ1n) is 9.54. The van der Waals surface area contributed by atoms with Gasteiger partial charge in [0, 0.05) is 23.7 Å². The molecule has 3 heterocycles. The first kappa shape index (κ1) is 18.7. The molecule has 28 heavy (non-hydrogen) atoms. The van der Waals surface area contributed by atoms with Gasteiger partial charge in [-0.1, -0.05) is 29.8 Å². The summed E-state index contributed by atoms with van der Waals surface area (Å²) in [7, 11) is 0. The molecule has 2 aromatic heterocycles. The summed E-state index contributed by atoms with van der Waals surface area (Å²) < 4.78 is 6.04. The molecule has 4 rings (SSSR count). The number of amides is 1. The summed E-state index contributed by atoms with van der Waals surface area (Å²) in [6.07, 6.45) is 5.27. The van der Waals surface area contributed by atoms with Crippen LogP contribution in [0.1, 0.15) is 58.7 Å². The predicted molar refractivity (Wildman–Crippen MR) is 107 cm³/mol. The number of likely N-dealkylation sites (tertiary alicyclic amines) is 1. The van der Waals surface area contributed by atoms with Crippen LogP contribution in [-0.4, -0.2) is 27.3 Å². The van der Waals surface area contributed by atoms with Crippen LogP contribution in [0.3, 0.4) is 0 Å². The van der Waals surface area contributed by atoms with Gasteiger partial charge >= 0.3 is 0 Å². The van der Waals surface area contributed by atoms with Crippen LogP contribution in [0, 0.1) is 6.92 Å². The van der Waals surface area contributed by atoms with E-state index in [4.69, 9.17) is 16.0 Å². The summed E-state index contributed by atoms with van der Waals surface area (Å²) in [6, 6.07) is 13.1. The molecule has 1 aliphatic rings. The molecular weight excluding hydrogens is 374 g/mol. The van der Waals surface area contributed by atoms with Gasteiger partial charge < -0.3 is 9.32 Å². The number of carbonyl (C=O) groups is 1. The minimum absolute atomic E-state index is 0.0640. The van der Waals surface area contributed by atoms with Gasteiger partial charge in [-0.2, -0.15) is 0 Å². The highest BCUT2D eigenvalue weighted by Gasteiger charge is 2.32. The number of benzene rings is 1. The van der Waals surface area contributed by atoms with Crippen molar-refractivity contribution in [1.82, 2.24) is 14.9 Å². The fourth-order valence-corrected chi connectivity index (χ4v) is 3.73. The molecular formula is C22H22ClN3O2. The molecule has 0 bridgehead atoms. The van der Waals surface area contributed by atoms with E-state index >= 15 is 0 Å². The second-order valence-corrected chi connectivity index (χ2v) is 7.58. The molecule has 6 heteroatoms. The second-order valence-electron chi connectivity index (χ2n) is 7.14. The molecule has 1 amide bonds. The lowest BCUT2D eigenvalue weighted by Crippen LogP contribution is -2.39. The van der Waals surface area contributed by atoms with Crippen molar-refractivity contribution >= 4 is 17.5 Å². The maximum absolute atomic E-state index is 13.0. The number of oxazole rings is 1. The third-order valence-electron chi connectivity index (χ3n) is 5.02. The molecule has 1 saturated heterocycles. The molecule has 1 aromatic carbocycles. The highest BCUT2D eigenvalue weighted by atomic mass is 35.5. The third kappa shape index (κ3) is 4.09. The van der Waals surface area contributed by atoms with E-state index in [9.17, 15) is 4.79 Å². The van der Waals surface area contributed by atoms with Crippen LogP contribution >= 0.6 is 11.6 Å². The Morgan fingerprint density at radius 3 is 2.82 bits per heavy atom. The normalized spacial score (nSPS) is 16.9. The topological polar surface area (TPSA) is 59.2 Å². The Balaban J connectivity index is 1.54. The number of halogens is 1. The van der Waals surface area contributed by atoms with Gasteiger partial charge in [0.1, 0.15) is 17.5 Å². The van der Waals surface area contributed by atoms with E-state index in [0.29, 0.717) is 29.6 Å². The Bertz CT molecular complexity index is 968. The van der Waals surface area contributed by atoms with Gasteiger partial charge in [0.15, 0.2) is 0 Å². The molecule has 0 aliphatic carbocycles. The molecule has 1 aliphatic heterocycles. The van der Waals surface area contributed by atoms with Gasteiger partial charge in [-0.3, -0.25) is 4.79 Å². The Labute approximate surface area is 169 Å².